The van der Waals surface area contributed by atoms with Gasteiger partial charge in [-0.05, 0) is 60.9 Å². The normalized spacial score (nSPS) is 16.5. The first-order valence-electron chi connectivity index (χ1n) is 11.3. The number of aryl methyl sites for hydroxylation is 2. The van der Waals surface area contributed by atoms with Crippen LogP contribution in [0.4, 0.5) is 4.79 Å². The van der Waals surface area contributed by atoms with Gasteiger partial charge in [0, 0.05) is 11.6 Å². The van der Waals surface area contributed by atoms with E-state index in [1.165, 1.54) is 0 Å². The zero-order valence-electron chi connectivity index (χ0n) is 18.7. The molecule has 1 amide bonds. The van der Waals surface area contributed by atoms with Gasteiger partial charge in [-0.1, -0.05) is 48.5 Å². The van der Waals surface area contributed by atoms with Gasteiger partial charge in [0.2, 0.25) is 0 Å². The SMILES string of the molecule is Cc1cc(C)n(CC(NC(=O)OCC2c3ccccc3-c3ccccc32)(C(=O)O)C2CC2)n1. The number of nitrogens with one attached hydrogen (secondary N) is 1. The average Bonchev–Trinajstić information content (AvgIpc) is 3.53. The van der Waals surface area contributed by atoms with Crippen molar-refractivity contribution < 1.29 is 19.4 Å². The molecule has 1 aromatic heterocycles. The van der Waals surface area contributed by atoms with Gasteiger partial charge in [0.1, 0.15) is 6.61 Å². The molecule has 0 aliphatic heterocycles. The lowest BCUT2D eigenvalue weighted by atomic mass is 9.93. The molecule has 1 heterocycles. The Morgan fingerprint density at radius 3 is 2.21 bits per heavy atom. The van der Waals surface area contributed by atoms with Gasteiger partial charge in [0.25, 0.3) is 0 Å². The van der Waals surface area contributed by atoms with Crippen molar-refractivity contribution in [2.75, 3.05) is 6.61 Å². The molecule has 1 atom stereocenters. The minimum absolute atomic E-state index is 0.0663. The molecule has 1 unspecified atom stereocenters. The predicted molar refractivity (Wildman–Crippen MR) is 123 cm³/mol. The monoisotopic (exact) mass is 445 g/mol. The molecule has 1 saturated carbocycles. The fourth-order valence-electron chi connectivity index (χ4n) is 5.03. The number of alkyl carbamates (subject to hydrolysis) is 1. The number of fused-ring (bicyclic) bond motifs is 3. The van der Waals surface area contributed by atoms with Crippen LogP contribution in [0.5, 0.6) is 0 Å². The van der Waals surface area contributed by atoms with E-state index < -0.39 is 17.6 Å². The van der Waals surface area contributed by atoms with E-state index in [1.54, 1.807) is 4.68 Å². The molecule has 170 valence electrons. The van der Waals surface area contributed by atoms with Crippen LogP contribution in [-0.4, -0.2) is 39.1 Å². The van der Waals surface area contributed by atoms with Crippen molar-refractivity contribution in [1.82, 2.24) is 15.1 Å². The Morgan fingerprint density at radius 2 is 1.70 bits per heavy atom. The van der Waals surface area contributed by atoms with E-state index in [9.17, 15) is 14.7 Å². The van der Waals surface area contributed by atoms with Crippen LogP contribution >= 0.6 is 0 Å². The van der Waals surface area contributed by atoms with Crippen LogP contribution in [0.15, 0.2) is 54.6 Å². The average molecular weight is 446 g/mol. The van der Waals surface area contributed by atoms with Crippen LogP contribution in [0.1, 0.15) is 41.3 Å². The summed E-state index contributed by atoms with van der Waals surface area (Å²) in [4.78, 5) is 25.4. The van der Waals surface area contributed by atoms with Crippen molar-refractivity contribution in [2.24, 2.45) is 5.92 Å². The predicted octanol–water partition coefficient (Wildman–Crippen LogP) is 4.27. The maximum atomic E-state index is 12.9. The lowest BCUT2D eigenvalue weighted by Gasteiger charge is -2.31. The van der Waals surface area contributed by atoms with Crippen LogP contribution in [-0.2, 0) is 16.1 Å². The number of carbonyl (C=O) groups excluding carboxylic acids is 1. The minimum atomic E-state index is -1.45. The number of nitrogens with zero attached hydrogens (tertiary/aromatic N) is 2. The zero-order chi connectivity index (χ0) is 23.2. The van der Waals surface area contributed by atoms with Gasteiger partial charge < -0.3 is 15.2 Å². The Hall–Kier alpha value is -3.61. The first-order valence-corrected chi connectivity index (χ1v) is 11.3. The number of carbonyl (C=O) groups is 2. The zero-order valence-corrected chi connectivity index (χ0v) is 18.7. The summed E-state index contributed by atoms with van der Waals surface area (Å²) in [5.41, 5.74) is 4.72. The van der Waals surface area contributed by atoms with Gasteiger partial charge >= 0.3 is 12.1 Å². The maximum Gasteiger partial charge on any atom is 0.408 e. The van der Waals surface area contributed by atoms with Gasteiger partial charge in [-0.3, -0.25) is 4.68 Å². The van der Waals surface area contributed by atoms with Crippen molar-refractivity contribution in [2.45, 2.75) is 44.7 Å². The van der Waals surface area contributed by atoms with Gasteiger partial charge in [0.05, 0.1) is 12.2 Å². The quantitative estimate of drug-likeness (QED) is 0.566. The van der Waals surface area contributed by atoms with E-state index in [1.807, 2.05) is 44.2 Å². The molecule has 2 aliphatic rings. The number of hydrogen-bond acceptors (Lipinski definition) is 4. The third-order valence-electron chi connectivity index (χ3n) is 6.83. The Labute approximate surface area is 192 Å². The molecular weight excluding hydrogens is 418 g/mol. The summed E-state index contributed by atoms with van der Waals surface area (Å²) in [6.45, 7) is 3.95. The molecule has 5 rings (SSSR count). The summed E-state index contributed by atoms with van der Waals surface area (Å²) in [5.74, 6) is -1.30. The second-order valence-corrected chi connectivity index (χ2v) is 9.09. The molecule has 1 fully saturated rings. The van der Waals surface area contributed by atoms with Crippen molar-refractivity contribution in [3.05, 3.63) is 77.1 Å². The summed E-state index contributed by atoms with van der Waals surface area (Å²) in [7, 11) is 0. The number of aromatic nitrogens is 2. The molecule has 33 heavy (non-hydrogen) atoms. The Kier molecular flexibility index (Phi) is 5.19. The number of rotatable bonds is 7. The number of benzene rings is 2. The van der Waals surface area contributed by atoms with E-state index in [4.69, 9.17) is 4.74 Å². The summed E-state index contributed by atoms with van der Waals surface area (Å²) in [5, 5.41) is 17.3. The molecule has 3 aromatic rings. The Morgan fingerprint density at radius 1 is 1.09 bits per heavy atom. The highest BCUT2D eigenvalue weighted by atomic mass is 16.5. The third-order valence-corrected chi connectivity index (χ3v) is 6.83. The second kappa shape index (κ2) is 8.06. The first-order chi connectivity index (χ1) is 15.9. The fraction of sp³-hybridized carbons (Fsp3) is 0.346. The molecule has 7 heteroatoms. The van der Waals surface area contributed by atoms with Gasteiger partial charge in [0.15, 0.2) is 5.54 Å². The number of ether oxygens (including phenoxy) is 1. The molecule has 0 spiro atoms. The topological polar surface area (TPSA) is 93.5 Å². The molecule has 0 radical (unpaired) electrons. The van der Waals surface area contributed by atoms with Crippen molar-refractivity contribution >= 4 is 12.1 Å². The van der Waals surface area contributed by atoms with Crippen LogP contribution in [0, 0.1) is 19.8 Å². The lowest BCUT2D eigenvalue weighted by molar-refractivity contribution is -0.146. The minimum Gasteiger partial charge on any atom is -0.479 e. The third kappa shape index (κ3) is 3.77. The molecule has 0 saturated heterocycles. The summed E-state index contributed by atoms with van der Waals surface area (Å²) in [6.07, 6.45) is 0.775. The summed E-state index contributed by atoms with van der Waals surface area (Å²) in [6, 6.07) is 18.1. The number of aliphatic carboxylic acids is 1. The van der Waals surface area contributed by atoms with Gasteiger partial charge in [-0.15, -0.1) is 0 Å². The van der Waals surface area contributed by atoms with Crippen LogP contribution in [0.3, 0.4) is 0 Å². The van der Waals surface area contributed by atoms with E-state index in [2.05, 4.69) is 34.7 Å². The highest BCUT2D eigenvalue weighted by Crippen LogP contribution is 2.45. The lowest BCUT2D eigenvalue weighted by Crippen LogP contribution is -2.59. The maximum absolute atomic E-state index is 12.9. The molecule has 2 N–H and O–H groups in total. The highest BCUT2D eigenvalue weighted by molar-refractivity contribution is 5.85. The number of hydrogen-bond donors (Lipinski definition) is 2. The Bertz CT molecular complexity index is 1180. The van der Waals surface area contributed by atoms with E-state index in [-0.39, 0.29) is 25.0 Å². The van der Waals surface area contributed by atoms with Gasteiger partial charge in [-0.25, -0.2) is 9.59 Å². The molecular formula is C26H27N3O4. The molecule has 2 aliphatic carbocycles. The van der Waals surface area contributed by atoms with Crippen LogP contribution in [0.2, 0.25) is 0 Å². The van der Waals surface area contributed by atoms with Crippen LogP contribution in [0.25, 0.3) is 11.1 Å². The largest absolute Gasteiger partial charge is 0.479 e. The number of carboxylic acid groups (broad SMARTS) is 1. The fourth-order valence-corrected chi connectivity index (χ4v) is 5.03. The molecule has 0 bridgehead atoms. The summed E-state index contributed by atoms with van der Waals surface area (Å²) < 4.78 is 7.31. The second-order valence-electron chi connectivity index (χ2n) is 9.09. The first kappa shape index (κ1) is 21.2. The standard InChI is InChI=1S/C26H27N3O4/c1-16-13-17(2)29(28-16)15-26(24(30)31,18-11-12-18)27-25(32)33-14-23-21-9-5-3-7-19(21)20-8-4-6-10-22(20)23/h3-10,13,18,23H,11-12,14-15H2,1-2H3,(H,27,32)(H,30,31). The van der Waals surface area contributed by atoms with E-state index >= 15 is 0 Å². The molecule has 2 aromatic carbocycles. The Balaban J connectivity index is 1.35. The van der Waals surface area contributed by atoms with Crippen molar-refractivity contribution in [1.29, 1.82) is 0 Å². The van der Waals surface area contributed by atoms with Crippen molar-refractivity contribution in [3.8, 4) is 11.1 Å². The highest BCUT2D eigenvalue weighted by Gasteiger charge is 2.53. The van der Waals surface area contributed by atoms with Gasteiger partial charge in [-0.2, -0.15) is 5.10 Å². The number of amides is 1. The molecule has 7 nitrogen and oxygen atoms in total. The van der Waals surface area contributed by atoms with E-state index in [0.717, 1.165) is 46.5 Å². The van der Waals surface area contributed by atoms with Crippen molar-refractivity contribution in [3.63, 3.8) is 0 Å². The van der Waals surface area contributed by atoms with E-state index in [0.29, 0.717) is 0 Å². The van der Waals surface area contributed by atoms with Crippen LogP contribution < -0.4 is 5.32 Å². The summed E-state index contributed by atoms with van der Waals surface area (Å²) >= 11 is 0. The number of carboxylic acids is 1. The smallest absolute Gasteiger partial charge is 0.408 e.